The molecule has 1 N–H and O–H groups in total. The van der Waals surface area contributed by atoms with Gasteiger partial charge in [-0.25, -0.2) is 0 Å². The van der Waals surface area contributed by atoms with Crippen molar-refractivity contribution in [3.8, 4) is 5.69 Å². The lowest BCUT2D eigenvalue weighted by atomic mass is 10.3. The molecule has 0 spiro atoms. The number of aromatic nitrogens is 3. The summed E-state index contributed by atoms with van der Waals surface area (Å²) in [4.78, 5) is 25.3. The number of carbonyl (C=O) groups is 1. The molecular formula is C21H21ClN6O3S. The first-order chi connectivity index (χ1) is 15.5. The molecule has 0 unspecified atom stereocenters. The number of likely N-dealkylation sites (tertiary alicyclic amines) is 1. The third kappa shape index (κ3) is 5.26. The van der Waals surface area contributed by atoms with Gasteiger partial charge in [-0.1, -0.05) is 41.6 Å². The first-order valence-electron chi connectivity index (χ1n) is 10.1. The van der Waals surface area contributed by atoms with Gasteiger partial charge in [0.05, 0.1) is 27.9 Å². The van der Waals surface area contributed by atoms with E-state index in [0.717, 1.165) is 24.6 Å². The van der Waals surface area contributed by atoms with Gasteiger partial charge in [0.2, 0.25) is 5.91 Å². The highest BCUT2D eigenvalue weighted by molar-refractivity contribution is 7.99. The number of amides is 1. The zero-order valence-electron chi connectivity index (χ0n) is 17.1. The molecular weight excluding hydrogens is 452 g/mol. The average molecular weight is 473 g/mol. The van der Waals surface area contributed by atoms with Crippen LogP contribution in [0.25, 0.3) is 5.69 Å². The molecule has 9 nitrogen and oxygen atoms in total. The molecule has 0 radical (unpaired) electrons. The summed E-state index contributed by atoms with van der Waals surface area (Å²) in [7, 11) is 0. The highest BCUT2D eigenvalue weighted by atomic mass is 35.5. The topological polar surface area (TPSA) is 106 Å². The van der Waals surface area contributed by atoms with Crippen LogP contribution in [0.1, 0.15) is 18.7 Å². The van der Waals surface area contributed by atoms with E-state index in [4.69, 9.17) is 11.6 Å². The Kier molecular flexibility index (Phi) is 7.03. The number of para-hydroxylation sites is 1. The molecule has 32 heavy (non-hydrogen) atoms. The second-order valence-electron chi connectivity index (χ2n) is 7.31. The SMILES string of the molecule is O=C(CSc1nnc(CN2CCCC2)n1-c1ccccc1)Nc1cc([N+](=O)[O-])ccc1Cl. The van der Waals surface area contributed by atoms with E-state index < -0.39 is 4.92 Å². The summed E-state index contributed by atoms with van der Waals surface area (Å²) in [5, 5.41) is 23.2. The van der Waals surface area contributed by atoms with Gasteiger partial charge in [0.15, 0.2) is 11.0 Å². The molecule has 166 valence electrons. The predicted octanol–water partition coefficient (Wildman–Crippen LogP) is 4.16. The number of carbonyl (C=O) groups excluding carboxylic acids is 1. The highest BCUT2D eigenvalue weighted by Gasteiger charge is 2.20. The Balaban J connectivity index is 1.49. The van der Waals surface area contributed by atoms with Crippen molar-refractivity contribution in [2.24, 2.45) is 0 Å². The summed E-state index contributed by atoms with van der Waals surface area (Å²) in [6.45, 7) is 2.77. The molecule has 1 amide bonds. The van der Waals surface area contributed by atoms with Gasteiger partial charge in [0.25, 0.3) is 5.69 Å². The lowest BCUT2D eigenvalue weighted by Gasteiger charge is -2.16. The van der Waals surface area contributed by atoms with Crippen molar-refractivity contribution < 1.29 is 9.72 Å². The number of hydrogen-bond acceptors (Lipinski definition) is 7. The second kappa shape index (κ2) is 10.1. The number of thioether (sulfide) groups is 1. The monoisotopic (exact) mass is 472 g/mol. The van der Waals surface area contributed by atoms with Gasteiger partial charge in [-0.3, -0.25) is 24.4 Å². The first kappa shape index (κ1) is 22.3. The van der Waals surface area contributed by atoms with E-state index in [2.05, 4.69) is 20.4 Å². The Labute approximate surface area is 193 Å². The van der Waals surface area contributed by atoms with Crippen LogP contribution >= 0.6 is 23.4 Å². The molecule has 1 fully saturated rings. The molecule has 0 saturated carbocycles. The minimum atomic E-state index is -0.537. The van der Waals surface area contributed by atoms with Gasteiger partial charge >= 0.3 is 0 Å². The van der Waals surface area contributed by atoms with E-state index in [0.29, 0.717) is 11.7 Å². The number of hydrogen-bond donors (Lipinski definition) is 1. The van der Waals surface area contributed by atoms with Crippen LogP contribution in [0.4, 0.5) is 11.4 Å². The standard InChI is InChI=1S/C21H21ClN6O3S/c22-17-9-8-16(28(30)31)12-18(17)23-20(29)14-32-21-25-24-19(13-26-10-4-5-11-26)27(21)15-6-2-1-3-7-15/h1-3,6-9,12H,4-5,10-11,13-14H2,(H,23,29). The number of benzene rings is 2. The van der Waals surface area contributed by atoms with Crippen molar-refractivity contribution in [3.05, 3.63) is 69.5 Å². The summed E-state index contributed by atoms with van der Waals surface area (Å²) in [5.41, 5.74) is 0.981. The van der Waals surface area contributed by atoms with Crippen LogP contribution in [0.3, 0.4) is 0 Å². The van der Waals surface area contributed by atoms with Gasteiger partial charge in [-0.2, -0.15) is 0 Å². The summed E-state index contributed by atoms with van der Waals surface area (Å²) in [6, 6.07) is 13.7. The number of nitrogens with zero attached hydrogens (tertiary/aromatic N) is 5. The predicted molar refractivity (Wildman–Crippen MR) is 123 cm³/mol. The average Bonchev–Trinajstić information content (AvgIpc) is 3.44. The maximum absolute atomic E-state index is 12.5. The van der Waals surface area contributed by atoms with E-state index in [1.165, 1.54) is 42.8 Å². The lowest BCUT2D eigenvalue weighted by Crippen LogP contribution is -2.21. The summed E-state index contributed by atoms with van der Waals surface area (Å²) in [6.07, 6.45) is 2.36. The zero-order chi connectivity index (χ0) is 22.5. The summed E-state index contributed by atoms with van der Waals surface area (Å²) < 4.78 is 1.97. The van der Waals surface area contributed by atoms with E-state index in [1.54, 1.807) is 0 Å². The molecule has 4 rings (SSSR count). The number of nitro groups is 1. The zero-order valence-corrected chi connectivity index (χ0v) is 18.7. The third-order valence-electron chi connectivity index (χ3n) is 5.05. The van der Waals surface area contributed by atoms with Crippen molar-refractivity contribution >= 4 is 40.6 Å². The molecule has 0 aliphatic carbocycles. The van der Waals surface area contributed by atoms with E-state index >= 15 is 0 Å². The van der Waals surface area contributed by atoms with Crippen molar-refractivity contribution in [2.45, 2.75) is 24.5 Å². The van der Waals surface area contributed by atoms with Gasteiger partial charge in [0, 0.05) is 17.8 Å². The third-order valence-corrected chi connectivity index (χ3v) is 6.30. The molecule has 1 aliphatic heterocycles. The Hall–Kier alpha value is -2.95. The number of nitro benzene ring substituents is 1. The number of anilines is 1. The fourth-order valence-corrected chi connectivity index (χ4v) is 4.45. The van der Waals surface area contributed by atoms with Crippen LogP contribution in [0.5, 0.6) is 0 Å². The van der Waals surface area contributed by atoms with Crippen LogP contribution in [0.2, 0.25) is 5.02 Å². The lowest BCUT2D eigenvalue weighted by molar-refractivity contribution is -0.384. The van der Waals surface area contributed by atoms with Crippen LogP contribution in [-0.4, -0.2) is 49.3 Å². The van der Waals surface area contributed by atoms with E-state index in [1.807, 2.05) is 34.9 Å². The molecule has 2 heterocycles. The van der Waals surface area contributed by atoms with Crippen LogP contribution in [-0.2, 0) is 11.3 Å². The van der Waals surface area contributed by atoms with Gasteiger partial charge in [-0.15, -0.1) is 10.2 Å². The van der Waals surface area contributed by atoms with E-state index in [9.17, 15) is 14.9 Å². The quantitative estimate of drug-likeness (QED) is 0.298. The molecule has 0 bridgehead atoms. The van der Waals surface area contributed by atoms with Crippen molar-refractivity contribution in [1.29, 1.82) is 0 Å². The Bertz CT molecular complexity index is 1120. The van der Waals surface area contributed by atoms with Crippen LogP contribution in [0, 0.1) is 10.1 Å². The number of nitrogens with one attached hydrogen (secondary N) is 1. The second-order valence-corrected chi connectivity index (χ2v) is 8.66. The molecule has 2 aromatic carbocycles. The minimum Gasteiger partial charge on any atom is -0.324 e. The van der Waals surface area contributed by atoms with Crippen molar-refractivity contribution in [1.82, 2.24) is 19.7 Å². The molecule has 1 saturated heterocycles. The van der Waals surface area contributed by atoms with Crippen LogP contribution < -0.4 is 5.32 Å². The van der Waals surface area contributed by atoms with Crippen molar-refractivity contribution in [3.63, 3.8) is 0 Å². The molecule has 3 aromatic rings. The maximum atomic E-state index is 12.5. The number of rotatable bonds is 8. The maximum Gasteiger partial charge on any atom is 0.271 e. The number of halogens is 1. The Morgan fingerprint density at radius 3 is 2.62 bits per heavy atom. The van der Waals surface area contributed by atoms with Gasteiger partial charge in [-0.05, 0) is 44.1 Å². The minimum absolute atomic E-state index is 0.0493. The van der Waals surface area contributed by atoms with Crippen molar-refractivity contribution in [2.75, 3.05) is 24.2 Å². The molecule has 0 atom stereocenters. The Morgan fingerprint density at radius 2 is 1.91 bits per heavy atom. The fraction of sp³-hybridized carbons (Fsp3) is 0.286. The van der Waals surface area contributed by atoms with Crippen LogP contribution in [0.15, 0.2) is 53.7 Å². The fourth-order valence-electron chi connectivity index (χ4n) is 3.51. The highest BCUT2D eigenvalue weighted by Crippen LogP contribution is 2.28. The largest absolute Gasteiger partial charge is 0.324 e. The molecule has 1 aliphatic rings. The smallest absolute Gasteiger partial charge is 0.271 e. The normalized spacial score (nSPS) is 13.9. The first-order valence-corrected chi connectivity index (χ1v) is 11.5. The Morgan fingerprint density at radius 1 is 1.16 bits per heavy atom. The summed E-state index contributed by atoms with van der Waals surface area (Å²) in [5.74, 6) is 0.525. The number of non-ortho nitro benzene ring substituents is 1. The summed E-state index contributed by atoms with van der Waals surface area (Å²) >= 11 is 7.32. The van der Waals surface area contributed by atoms with Gasteiger partial charge < -0.3 is 5.32 Å². The molecule has 1 aromatic heterocycles. The molecule has 11 heteroatoms. The van der Waals surface area contributed by atoms with E-state index in [-0.39, 0.29) is 28.1 Å². The van der Waals surface area contributed by atoms with Gasteiger partial charge in [0.1, 0.15) is 0 Å².